The first kappa shape index (κ1) is 17.9. The van der Waals surface area contributed by atoms with E-state index in [0.717, 1.165) is 11.3 Å². The first-order valence-electron chi connectivity index (χ1n) is 7.62. The summed E-state index contributed by atoms with van der Waals surface area (Å²) in [6.07, 6.45) is 0. The van der Waals surface area contributed by atoms with Crippen LogP contribution in [0.25, 0.3) is 0 Å². The van der Waals surface area contributed by atoms with Crippen LogP contribution >= 0.6 is 11.6 Å². The van der Waals surface area contributed by atoms with Crippen LogP contribution in [-0.2, 0) is 4.79 Å². The van der Waals surface area contributed by atoms with Gasteiger partial charge in [0, 0.05) is 5.02 Å². The summed E-state index contributed by atoms with van der Waals surface area (Å²) >= 11 is 5.95. The van der Waals surface area contributed by atoms with Crippen LogP contribution in [0.1, 0.15) is 5.56 Å². The molecule has 0 atom stereocenters. The SMILES string of the molecule is COc1ccc(Cl)cc1NCC(=O)NCCOc1cccc(C)c1. The van der Waals surface area contributed by atoms with E-state index >= 15 is 0 Å². The maximum Gasteiger partial charge on any atom is 0.239 e. The average Bonchev–Trinajstić information content (AvgIpc) is 2.57. The Morgan fingerprint density at radius 3 is 2.79 bits per heavy atom. The number of rotatable bonds is 8. The lowest BCUT2D eigenvalue weighted by atomic mass is 10.2. The Morgan fingerprint density at radius 1 is 1.21 bits per heavy atom. The Balaban J connectivity index is 1.71. The minimum Gasteiger partial charge on any atom is -0.495 e. The number of anilines is 1. The molecule has 0 spiro atoms. The highest BCUT2D eigenvalue weighted by Crippen LogP contribution is 2.27. The summed E-state index contributed by atoms with van der Waals surface area (Å²) in [5.74, 6) is 1.30. The summed E-state index contributed by atoms with van der Waals surface area (Å²) in [4.78, 5) is 11.9. The Hall–Kier alpha value is -2.40. The quantitative estimate of drug-likeness (QED) is 0.719. The van der Waals surface area contributed by atoms with Crippen LogP contribution in [0.4, 0.5) is 5.69 Å². The first-order valence-corrected chi connectivity index (χ1v) is 8.00. The lowest BCUT2D eigenvalue weighted by molar-refractivity contribution is -0.119. The van der Waals surface area contributed by atoms with Crippen molar-refractivity contribution in [2.24, 2.45) is 0 Å². The van der Waals surface area contributed by atoms with Crippen LogP contribution in [0.2, 0.25) is 5.02 Å². The summed E-state index contributed by atoms with van der Waals surface area (Å²) in [6.45, 7) is 2.97. The third-order valence-electron chi connectivity index (χ3n) is 3.28. The number of amides is 1. The monoisotopic (exact) mass is 348 g/mol. The molecule has 0 aliphatic heterocycles. The van der Waals surface area contributed by atoms with E-state index in [2.05, 4.69) is 10.6 Å². The molecule has 0 aromatic heterocycles. The molecule has 0 unspecified atom stereocenters. The largest absolute Gasteiger partial charge is 0.495 e. The van der Waals surface area contributed by atoms with Gasteiger partial charge in [-0.05, 0) is 42.8 Å². The van der Waals surface area contributed by atoms with Gasteiger partial charge >= 0.3 is 0 Å². The molecule has 1 amide bonds. The fourth-order valence-corrected chi connectivity index (χ4v) is 2.29. The van der Waals surface area contributed by atoms with E-state index in [-0.39, 0.29) is 12.5 Å². The van der Waals surface area contributed by atoms with Crippen molar-refractivity contribution >= 4 is 23.2 Å². The van der Waals surface area contributed by atoms with Gasteiger partial charge in [0.05, 0.1) is 25.9 Å². The molecule has 0 fully saturated rings. The molecule has 0 radical (unpaired) electrons. The second-order valence-electron chi connectivity index (χ2n) is 5.21. The van der Waals surface area contributed by atoms with Gasteiger partial charge in [0.1, 0.15) is 18.1 Å². The molecule has 6 heteroatoms. The molecule has 5 nitrogen and oxygen atoms in total. The number of hydrogen-bond acceptors (Lipinski definition) is 4. The third-order valence-corrected chi connectivity index (χ3v) is 3.52. The number of nitrogens with one attached hydrogen (secondary N) is 2. The van der Waals surface area contributed by atoms with Gasteiger partial charge in [0.15, 0.2) is 0 Å². The molecule has 0 saturated carbocycles. The Morgan fingerprint density at radius 2 is 2.04 bits per heavy atom. The van der Waals surface area contributed by atoms with Crippen molar-refractivity contribution in [1.29, 1.82) is 0 Å². The Labute approximate surface area is 146 Å². The molecule has 24 heavy (non-hydrogen) atoms. The van der Waals surface area contributed by atoms with E-state index in [1.54, 1.807) is 25.3 Å². The first-order chi connectivity index (χ1) is 11.6. The van der Waals surface area contributed by atoms with E-state index < -0.39 is 0 Å². The topological polar surface area (TPSA) is 59.6 Å². The van der Waals surface area contributed by atoms with Crippen LogP contribution in [0.3, 0.4) is 0 Å². The number of methoxy groups -OCH3 is 1. The normalized spacial score (nSPS) is 10.1. The molecule has 0 saturated heterocycles. The number of aryl methyl sites for hydroxylation is 1. The fraction of sp³-hybridized carbons (Fsp3) is 0.278. The summed E-state index contributed by atoms with van der Waals surface area (Å²) in [5, 5.41) is 6.37. The lowest BCUT2D eigenvalue weighted by Crippen LogP contribution is -2.33. The fourth-order valence-electron chi connectivity index (χ4n) is 2.12. The van der Waals surface area contributed by atoms with Gasteiger partial charge in [-0.2, -0.15) is 0 Å². The van der Waals surface area contributed by atoms with E-state index in [1.807, 2.05) is 31.2 Å². The van der Waals surface area contributed by atoms with Crippen molar-refractivity contribution in [3.63, 3.8) is 0 Å². The van der Waals surface area contributed by atoms with Crippen molar-refractivity contribution in [1.82, 2.24) is 5.32 Å². The number of ether oxygens (including phenoxy) is 2. The number of benzene rings is 2. The van der Waals surface area contributed by atoms with Crippen molar-refractivity contribution in [2.75, 3.05) is 32.1 Å². The summed E-state index contributed by atoms with van der Waals surface area (Å²) < 4.78 is 10.8. The smallest absolute Gasteiger partial charge is 0.239 e. The van der Waals surface area contributed by atoms with Gasteiger partial charge in [-0.1, -0.05) is 23.7 Å². The van der Waals surface area contributed by atoms with Gasteiger partial charge < -0.3 is 20.1 Å². The van der Waals surface area contributed by atoms with Gasteiger partial charge in [0.2, 0.25) is 5.91 Å². The van der Waals surface area contributed by atoms with Crippen molar-refractivity contribution in [2.45, 2.75) is 6.92 Å². The second-order valence-corrected chi connectivity index (χ2v) is 5.65. The maximum atomic E-state index is 11.9. The van der Waals surface area contributed by atoms with Gasteiger partial charge in [-0.15, -0.1) is 0 Å². The van der Waals surface area contributed by atoms with Gasteiger partial charge in [0.25, 0.3) is 0 Å². The third kappa shape index (κ3) is 5.66. The van der Waals surface area contributed by atoms with Crippen molar-refractivity contribution in [3.05, 3.63) is 53.1 Å². The van der Waals surface area contributed by atoms with Crippen LogP contribution in [0.15, 0.2) is 42.5 Å². The molecule has 2 aromatic carbocycles. The Bertz CT molecular complexity index is 692. The van der Waals surface area contributed by atoms with Crippen molar-refractivity contribution in [3.8, 4) is 11.5 Å². The standard InChI is InChI=1S/C18H21ClN2O3/c1-13-4-3-5-15(10-13)24-9-8-20-18(22)12-21-16-11-14(19)6-7-17(16)23-2/h3-7,10-11,21H,8-9,12H2,1-2H3,(H,20,22). The van der Waals surface area contributed by atoms with Gasteiger partial charge in [-0.3, -0.25) is 4.79 Å². The molecule has 2 aromatic rings. The molecular formula is C18H21ClN2O3. The molecule has 0 heterocycles. The van der Waals surface area contributed by atoms with Crippen LogP contribution < -0.4 is 20.1 Å². The minimum atomic E-state index is -0.134. The van der Waals surface area contributed by atoms with E-state index in [4.69, 9.17) is 21.1 Å². The summed E-state index contributed by atoms with van der Waals surface area (Å²) in [7, 11) is 1.57. The summed E-state index contributed by atoms with van der Waals surface area (Å²) in [6, 6.07) is 13.0. The van der Waals surface area contributed by atoms with Crippen LogP contribution in [-0.4, -0.2) is 32.7 Å². The highest BCUT2D eigenvalue weighted by Gasteiger charge is 2.06. The molecule has 2 rings (SSSR count). The van der Waals surface area contributed by atoms with Crippen LogP contribution in [0.5, 0.6) is 11.5 Å². The van der Waals surface area contributed by atoms with E-state index in [0.29, 0.717) is 29.6 Å². The minimum absolute atomic E-state index is 0.126. The number of hydrogen-bond donors (Lipinski definition) is 2. The van der Waals surface area contributed by atoms with Crippen LogP contribution in [0, 0.1) is 6.92 Å². The zero-order valence-electron chi connectivity index (χ0n) is 13.8. The average molecular weight is 349 g/mol. The zero-order chi connectivity index (χ0) is 17.4. The molecule has 0 aliphatic rings. The molecule has 0 aliphatic carbocycles. The maximum absolute atomic E-state index is 11.9. The molecule has 0 bridgehead atoms. The highest BCUT2D eigenvalue weighted by molar-refractivity contribution is 6.30. The predicted octanol–water partition coefficient (Wildman–Crippen LogP) is 3.26. The molecule has 128 valence electrons. The summed E-state index contributed by atoms with van der Waals surface area (Å²) in [5.41, 5.74) is 1.81. The highest BCUT2D eigenvalue weighted by atomic mass is 35.5. The van der Waals surface area contributed by atoms with Gasteiger partial charge in [-0.25, -0.2) is 0 Å². The number of carbonyl (C=O) groups excluding carboxylic acids is 1. The lowest BCUT2D eigenvalue weighted by Gasteiger charge is -2.12. The second kappa shape index (κ2) is 9.03. The van der Waals surface area contributed by atoms with E-state index in [9.17, 15) is 4.79 Å². The Kier molecular flexibility index (Phi) is 6.75. The van der Waals surface area contributed by atoms with E-state index in [1.165, 1.54) is 0 Å². The van der Waals surface area contributed by atoms with Crippen molar-refractivity contribution < 1.29 is 14.3 Å². The molecular weight excluding hydrogens is 328 g/mol. The number of carbonyl (C=O) groups is 1. The number of halogens is 1. The molecule has 2 N–H and O–H groups in total. The zero-order valence-corrected chi connectivity index (χ0v) is 14.5. The predicted molar refractivity (Wildman–Crippen MR) is 96.2 cm³/mol.